The highest BCUT2D eigenvalue weighted by Crippen LogP contribution is 2.32. The summed E-state index contributed by atoms with van der Waals surface area (Å²) in [6, 6.07) is 6.37. The van der Waals surface area contributed by atoms with Gasteiger partial charge >= 0.3 is 0 Å². The van der Waals surface area contributed by atoms with Gasteiger partial charge < -0.3 is 10.2 Å². The predicted molar refractivity (Wildman–Crippen MR) is 110 cm³/mol. The Morgan fingerprint density at radius 2 is 1.93 bits per heavy atom. The summed E-state index contributed by atoms with van der Waals surface area (Å²) < 4.78 is 13.0. The van der Waals surface area contributed by atoms with Crippen LogP contribution in [0.2, 0.25) is 0 Å². The summed E-state index contributed by atoms with van der Waals surface area (Å²) in [5.41, 5.74) is 1.81. The van der Waals surface area contributed by atoms with E-state index < -0.39 is 0 Å². The molecule has 1 atom stereocenters. The number of carbonyl (C=O) groups excluding carboxylic acids is 1. The highest BCUT2D eigenvalue weighted by Gasteiger charge is 2.30. The van der Waals surface area contributed by atoms with Crippen LogP contribution in [0.3, 0.4) is 0 Å². The Hall–Kier alpha value is -3.42. The number of hydrogen-bond acceptors (Lipinski definition) is 6. The summed E-state index contributed by atoms with van der Waals surface area (Å²) in [6.07, 6.45) is 11.9. The molecule has 1 N–H and O–H groups in total. The number of anilines is 2. The third-order valence-corrected chi connectivity index (χ3v) is 5.16. The van der Waals surface area contributed by atoms with Gasteiger partial charge in [-0.1, -0.05) is 12.1 Å². The summed E-state index contributed by atoms with van der Waals surface area (Å²) in [6.45, 7) is 0.726. The Morgan fingerprint density at radius 1 is 1.10 bits per heavy atom. The van der Waals surface area contributed by atoms with Crippen LogP contribution in [0.1, 0.15) is 43.0 Å². The third kappa shape index (κ3) is 4.94. The zero-order chi connectivity index (χ0) is 20.8. The number of aromatic nitrogens is 4. The van der Waals surface area contributed by atoms with Crippen LogP contribution in [0.15, 0.2) is 55.2 Å². The molecule has 3 aromatic rings. The highest BCUT2D eigenvalue weighted by atomic mass is 19.1. The van der Waals surface area contributed by atoms with Crippen molar-refractivity contribution in [2.24, 2.45) is 0 Å². The van der Waals surface area contributed by atoms with Crippen molar-refractivity contribution in [2.45, 2.75) is 38.1 Å². The average Bonchev–Trinajstić information content (AvgIpc) is 3.26. The van der Waals surface area contributed by atoms with Gasteiger partial charge in [-0.05, 0) is 43.4 Å². The number of likely N-dealkylation sites (tertiary alicyclic amines) is 1. The van der Waals surface area contributed by atoms with E-state index in [-0.39, 0.29) is 17.8 Å². The van der Waals surface area contributed by atoms with E-state index in [2.05, 4.69) is 25.3 Å². The maximum Gasteiger partial charge on any atom is 0.223 e. The van der Waals surface area contributed by atoms with Crippen LogP contribution in [0.5, 0.6) is 0 Å². The van der Waals surface area contributed by atoms with Crippen molar-refractivity contribution < 1.29 is 9.18 Å². The molecule has 4 rings (SSSR count). The predicted octanol–water partition coefficient (Wildman–Crippen LogP) is 3.84. The summed E-state index contributed by atoms with van der Waals surface area (Å²) in [4.78, 5) is 31.9. The zero-order valence-electron chi connectivity index (χ0n) is 16.5. The normalized spacial score (nSPS) is 15.9. The van der Waals surface area contributed by atoms with E-state index in [1.54, 1.807) is 43.1 Å². The standard InChI is InChI=1S/C22H23FN6O/c23-17-8-6-16(7-9-17)3-1-5-22(30)29-12-2-4-19(29)18-13-25-15-21(27-18)28-20-14-24-10-11-26-20/h6-11,13-15,19H,1-5,12H2,(H,26,27,28). The minimum atomic E-state index is -0.244. The molecule has 1 amide bonds. The molecule has 7 nitrogen and oxygen atoms in total. The lowest BCUT2D eigenvalue weighted by Crippen LogP contribution is -2.31. The second-order valence-electron chi connectivity index (χ2n) is 7.27. The Labute approximate surface area is 174 Å². The second kappa shape index (κ2) is 9.39. The van der Waals surface area contributed by atoms with Crippen molar-refractivity contribution in [3.63, 3.8) is 0 Å². The molecule has 8 heteroatoms. The molecule has 1 aromatic carbocycles. The van der Waals surface area contributed by atoms with Crippen molar-refractivity contribution in [2.75, 3.05) is 11.9 Å². The fraction of sp³-hybridized carbons (Fsp3) is 0.318. The van der Waals surface area contributed by atoms with Gasteiger partial charge in [0, 0.05) is 25.4 Å². The third-order valence-electron chi connectivity index (χ3n) is 5.16. The van der Waals surface area contributed by atoms with Gasteiger partial charge in [-0.15, -0.1) is 0 Å². The summed E-state index contributed by atoms with van der Waals surface area (Å²) >= 11 is 0. The molecular formula is C22H23FN6O. The fourth-order valence-electron chi connectivity index (χ4n) is 3.71. The van der Waals surface area contributed by atoms with Gasteiger partial charge in [0.2, 0.25) is 5.91 Å². The molecule has 1 saturated heterocycles. The molecule has 1 aliphatic heterocycles. The molecule has 0 radical (unpaired) electrons. The first-order valence-corrected chi connectivity index (χ1v) is 10.1. The van der Waals surface area contributed by atoms with Crippen LogP contribution in [0, 0.1) is 5.82 Å². The van der Waals surface area contributed by atoms with Crippen LogP contribution >= 0.6 is 0 Å². The molecule has 0 bridgehead atoms. The number of amides is 1. The number of rotatable bonds is 7. The van der Waals surface area contributed by atoms with E-state index in [1.807, 2.05) is 4.90 Å². The molecule has 0 saturated carbocycles. The number of nitrogens with one attached hydrogen (secondary N) is 1. The van der Waals surface area contributed by atoms with E-state index in [0.717, 1.165) is 43.5 Å². The quantitative estimate of drug-likeness (QED) is 0.642. The van der Waals surface area contributed by atoms with Crippen LogP contribution < -0.4 is 5.32 Å². The maximum absolute atomic E-state index is 13.0. The van der Waals surface area contributed by atoms with E-state index in [1.165, 1.54) is 12.1 Å². The van der Waals surface area contributed by atoms with E-state index in [9.17, 15) is 9.18 Å². The summed E-state index contributed by atoms with van der Waals surface area (Å²) in [5.74, 6) is 1.04. The zero-order valence-corrected chi connectivity index (χ0v) is 16.5. The van der Waals surface area contributed by atoms with Gasteiger partial charge in [0.1, 0.15) is 17.5 Å². The second-order valence-corrected chi connectivity index (χ2v) is 7.27. The first-order chi connectivity index (χ1) is 14.7. The van der Waals surface area contributed by atoms with Gasteiger partial charge in [0.15, 0.2) is 0 Å². The Balaban J connectivity index is 1.37. The van der Waals surface area contributed by atoms with Gasteiger partial charge in [-0.25, -0.2) is 14.4 Å². The van der Waals surface area contributed by atoms with Crippen molar-refractivity contribution >= 4 is 17.5 Å². The Kier molecular flexibility index (Phi) is 6.22. The largest absolute Gasteiger partial charge is 0.334 e. The van der Waals surface area contributed by atoms with Crippen molar-refractivity contribution in [1.29, 1.82) is 0 Å². The molecule has 1 fully saturated rings. The van der Waals surface area contributed by atoms with Crippen LogP contribution in [-0.2, 0) is 11.2 Å². The van der Waals surface area contributed by atoms with Crippen LogP contribution in [0.4, 0.5) is 16.0 Å². The van der Waals surface area contributed by atoms with Gasteiger partial charge in [-0.3, -0.25) is 14.8 Å². The van der Waals surface area contributed by atoms with Gasteiger partial charge in [0.25, 0.3) is 0 Å². The summed E-state index contributed by atoms with van der Waals surface area (Å²) in [7, 11) is 0. The Morgan fingerprint density at radius 3 is 2.73 bits per heavy atom. The molecule has 1 unspecified atom stereocenters. The maximum atomic E-state index is 13.0. The van der Waals surface area contributed by atoms with E-state index in [4.69, 9.17) is 0 Å². The molecular weight excluding hydrogens is 383 g/mol. The number of benzene rings is 1. The van der Waals surface area contributed by atoms with E-state index >= 15 is 0 Å². The topological polar surface area (TPSA) is 83.9 Å². The summed E-state index contributed by atoms with van der Waals surface area (Å²) in [5, 5.41) is 3.09. The lowest BCUT2D eigenvalue weighted by molar-refractivity contribution is -0.132. The molecule has 0 spiro atoms. The van der Waals surface area contributed by atoms with Crippen LogP contribution in [0.25, 0.3) is 0 Å². The lowest BCUT2D eigenvalue weighted by Gasteiger charge is -2.24. The average molecular weight is 406 g/mol. The first kappa shape index (κ1) is 19.9. The number of aryl methyl sites for hydroxylation is 1. The highest BCUT2D eigenvalue weighted by molar-refractivity contribution is 5.77. The molecule has 1 aliphatic rings. The number of nitrogens with zero attached hydrogens (tertiary/aromatic N) is 5. The van der Waals surface area contributed by atoms with Gasteiger partial charge in [-0.2, -0.15) is 0 Å². The van der Waals surface area contributed by atoms with Crippen molar-refractivity contribution in [3.8, 4) is 0 Å². The molecule has 3 heterocycles. The smallest absolute Gasteiger partial charge is 0.223 e. The van der Waals surface area contributed by atoms with E-state index in [0.29, 0.717) is 18.1 Å². The first-order valence-electron chi connectivity index (χ1n) is 10.1. The van der Waals surface area contributed by atoms with Crippen LogP contribution in [-0.4, -0.2) is 37.3 Å². The molecule has 154 valence electrons. The van der Waals surface area contributed by atoms with Crippen molar-refractivity contribution in [3.05, 3.63) is 72.3 Å². The number of hydrogen-bond donors (Lipinski definition) is 1. The minimum absolute atomic E-state index is 0.0700. The van der Waals surface area contributed by atoms with Crippen molar-refractivity contribution in [1.82, 2.24) is 24.8 Å². The van der Waals surface area contributed by atoms with Gasteiger partial charge in [0.05, 0.1) is 30.3 Å². The molecule has 0 aliphatic carbocycles. The SMILES string of the molecule is O=C(CCCc1ccc(F)cc1)N1CCCC1c1cncc(Nc2cnccn2)n1. The monoisotopic (exact) mass is 406 g/mol. The Bertz CT molecular complexity index is 982. The number of carbonyl (C=O) groups is 1. The fourth-order valence-corrected chi connectivity index (χ4v) is 3.71. The molecule has 30 heavy (non-hydrogen) atoms. The lowest BCUT2D eigenvalue weighted by atomic mass is 10.1. The number of halogens is 1. The molecule has 2 aromatic heterocycles. The minimum Gasteiger partial charge on any atom is -0.334 e.